The third-order valence-electron chi connectivity index (χ3n) is 1.80. The summed E-state index contributed by atoms with van der Waals surface area (Å²) in [6, 6.07) is 0. The molecule has 0 aliphatic rings. The third-order valence-corrected chi connectivity index (χ3v) is 1.80. The predicted octanol–water partition coefficient (Wildman–Crippen LogP) is 2.62. The molecule has 0 amide bonds. The van der Waals surface area contributed by atoms with Gasteiger partial charge >= 0.3 is 0 Å². The smallest absolute Gasteiger partial charge is 0.0596 e. The second kappa shape index (κ2) is 9.01. The van der Waals surface area contributed by atoms with Gasteiger partial charge in [-0.3, -0.25) is 0 Å². The fourth-order valence-electron chi connectivity index (χ4n) is 1.23. The highest BCUT2D eigenvalue weighted by Gasteiger charge is 2.05. The van der Waals surface area contributed by atoms with Crippen molar-refractivity contribution in [2.75, 3.05) is 19.8 Å². The Morgan fingerprint density at radius 2 is 1.75 bits per heavy atom. The molecule has 0 aliphatic heterocycles. The molecule has 0 fully saturated rings. The molecule has 0 saturated heterocycles. The minimum absolute atomic E-state index is 0.409. The molecule has 0 spiro atoms. The van der Waals surface area contributed by atoms with Gasteiger partial charge in [-0.15, -0.1) is 0 Å². The molecule has 1 atom stereocenters. The molecule has 0 aromatic heterocycles. The Hall–Kier alpha value is -0.0800. The zero-order chi connectivity index (χ0) is 9.23. The van der Waals surface area contributed by atoms with E-state index in [1.807, 2.05) is 13.8 Å². The molecule has 0 saturated carbocycles. The van der Waals surface area contributed by atoms with Gasteiger partial charge in [0.2, 0.25) is 0 Å². The van der Waals surface area contributed by atoms with E-state index in [1.54, 1.807) is 0 Å². The molecule has 12 heavy (non-hydrogen) atoms. The van der Waals surface area contributed by atoms with Gasteiger partial charge in [-0.25, -0.2) is 0 Å². The van der Waals surface area contributed by atoms with E-state index in [2.05, 4.69) is 6.92 Å². The molecule has 0 aromatic rings. The minimum atomic E-state index is 0.409. The second-order valence-corrected chi connectivity index (χ2v) is 2.85. The van der Waals surface area contributed by atoms with Crippen LogP contribution in [0.2, 0.25) is 0 Å². The minimum Gasteiger partial charge on any atom is -0.382 e. The van der Waals surface area contributed by atoms with E-state index < -0.39 is 0 Å². The van der Waals surface area contributed by atoms with E-state index in [4.69, 9.17) is 9.47 Å². The first-order valence-corrected chi connectivity index (χ1v) is 5.04. The van der Waals surface area contributed by atoms with Gasteiger partial charge in [0, 0.05) is 19.8 Å². The molecule has 1 unspecified atom stereocenters. The summed E-state index contributed by atoms with van der Waals surface area (Å²) >= 11 is 0. The van der Waals surface area contributed by atoms with Crippen LogP contribution >= 0.6 is 0 Å². The van der Waals surface area contributed by atoms with Crippen molar-refractivity contribution in [3.63, 3.8) is 0 Å². The van der Waals surface area contributed by atoms with Crippen molar-refractivity contribution >= 4 is 0 Å². The highest BCUT2D eigenvalue weighted by atomic mass is 16.5. The lowest BCUT2D eigenvalue weighted by Crippen LogP contribution is -2.15. The van der Waals surface area contributed by atoms with Gasteiger partial charge in [0.25, 0.3) is 0 Å². The van der Waals surface area contributed by atoms with E-state index in [-0.39, 0.29) is 0 Å². The Morgan fingerprint density at radius 1 is 1.00 bits per heavy atom. The van der Waals surface area contributed by atoms with Gasteiger partial charge in [0.15, 0.2) is 0 Å². The van der Waals surface area contributed by atoms with Gasteiger partial charge < -0.3 is 9.47 Å². The Labute approximate surface area is 76.3 Å². The zero-order valence-electron chi connectivity index (χ0n) is 8.64. The van der Waals surface area contributed by atoms with Crippen LogP contribution in [-0.4, -0.2) is 25.9 Å². The van der Waals surface area contributed by atoms with Crippen LogP contribution in [0, 0.1) is 0 Å². The predicted molar refractivity (Wildman–Crippen MR) is 51.4 cm³/mol. The monoisotopic (exact) mass is 174 g/mol. The molecule has 0 aromatic carbocycles. The first-order valence-electron chi connectivity index (χ1n) is 5.04. The molecular formula is C10H22O2. The molecule has 74 valence electrons. The standard InChI is InChI=1S/C10H22O2/c1-4-7-10(12-6-3)8-9-11-5-2/h10H,4-9H2,1-3H3. The summed E-state index contributed by atoms with van der Waals surface area (Å²) in [6.45, 7) is 8.72. The SMILES string of the molecule is CCCC(CCOCC)OCC. The maximum absolute atomic E-state index is 5.55. The van der Waals surface area contributed by atoms with Crippen molar-refractivity contribution in [2.45, 2.75) is 46.1 Å². The van der Waals surface area contributed by atoms with Crippen LogP contribution in [0.15, 0.2) is 0 Å². The van der Waals surface area contributed by atoms with Crippen molar-refractivity contribution in [1.82, 2.24) is 0 Å². The number of ether oxygens (including phenoxy) is 2. The molecular weight excluding hydrogens is 152 g/mol. The summed E-state index contributed by atoms with van der Waals surface area (Å²) in [5, 5.41) is 0. The third kappa shape index (κ3) is 6.62. The summed E-state index contributed by atoms with van der Waals surface area (Å²) < 4.78 is 10.8. The van der Waals surface area contributed by atoms with Gasteiger partial charge in [0.05, 0.1) is 6.10 Å². The summed E-state index contributed by atoms with van der Waals surface area (Å²) in [6.07, 6.45) is 3.79. The number of hydrogen-bond acceptors (Lipinski definition) is 2. The Morgan fingerprint density at radius 3 is 2.25 bits per heavy atom. The van der Waals surface area contributed by atoms with Crippen molar-refractivity contribution in [3.8, 4) is 0 Å². The highest BCUT2D eigenvalue weighted by Crippen LogP contribution is 2.06. The normalized spacial score (nSPS) is 13.2. The van der Waals surface area contributed by atoms with E-state index in [1.165, 1.54) is 6.42 Å². The van der Waals surface area contributed by atoms with Crippen LogP contribution in [-0.2, 0) is 9.47 Å². The van der Waals surface area contributed by atoms with Gasteiger partial charge in [-0.2, -0.15) is 0 Å². The van der Waals surface area contributed by atoms with Crippen molar-refractivity contribution in [2.24, 2.45) is 0 Å². The molecule has 0 aliphatic carbocycles. The molecule has 0 rings (SSSR count). The maximum Gasteiger partial charge on any atom is 0.0596 e. The molecule has 0 radical (unpaired) electrons. The Bertz CT molecular complexity index is 77.9. The Kier molecular flexibility index (Phi) is 8.95. The largest absolute Gasteiger partial charge is 0.382 e. The Balaban J connectivity index is 3.34. The average molecular weight is 174 g/mol. The van der Waals surface area contributed by atoms with Gasteiger partial charge in [0.1, 0.15) is 0 Å². The lowest BCUT2D eigenvalue weighted by atomic mass is 10.1. The molecule has 0 heterocycles. The number of rotatable bonds is 8. The van der Waals surface area contributed by atoms with Crippen LogP contribution in [0.1, 0.15) is 40.0 Å². The lowest BCUT2D eigenvalue weighted by molar-refractivity contribution is 0.0248. The van der Waals surface area contributed by atoms with Gasteiger partial charge in [-0.05, 0) is 26.7 Å². The first-order chi connectivity index (χ1) is 5.85. The van der Waals surface area contributed by atoms with E-state index in [0.717, 1.165) is 32.7 Å². The maximum atomic E-state index is 5.55. The average Bonchev–Trinajstić information content (AvgIpc) is 2.06. The van der Waals surface area contributed by atoms with Crippen LogP contribution < -0.4 is 0 Å². The van der Waals surface area contributed by atoms with E-state index in [0.29, 0.717) is 6.10 Å². The number of hydrogen-bond donors (Lipinski definition) is 0. The highest BCUT2D eigenvalue weighted by molar-refractivity contribution is 4.56. The van der Waals surface area contributed by atoms with Crippen LogP contribution in [0.25, 0.3) is 0 Å². The van der Waals surface area contributed by atoms with Crippen molar-refractivity contribution < 1.29 is 9.47 Å². The molecule has 0 N–H and O–H groups in total. The second-order valence-electron chi connectivity index (χ2n) is 2.85. The van der Waals surface area contributed by atoms with Gasteiger partial charge in [-0.1, -0.05) is 13.3 Å². The fraction of sp³-hybridized carbons (Fsp3) is 1.00. The molecule has 0 bridgehead atoms. The fourth-order valence-corrected chi connectivity index (χ4v) is 1.23. The first kappa shape index (κ1) is 11.9. The molecule has 2 nitrogen and oxygen atoms in total. The van der Waals surface area contributed by atoms with E-state index >= 15 is 0 Å². The topological polar surface area (TPSA) is 18.5 Å². The summed E-state index contributed by atoms with van der Waals surface area (Å²) in [7, 11) is 0. The van der Waals surface area contributed by atoms with Crippen molar-refractivity contribution in [3.05, 3.63) is 0 Å². The van der Waals surface area contributed by atoms with Crippen LogP contribution in [0.5, 0.6) is 0 Å². The van der Waals surface area contributed by atoms with E-state index in [9.17, 15) is 0 Å². The zero-order valence-corrected chi connectivity index (χ0v) is 8.64. The molecule has 2 heteroatoms. The summed E-state index contributed by atoms with van der Waals surface area (Å²) in [5.74, 6) is 0. The van der Waals surface area contributed by atoms with Crippen LogP contribution in [0.3, 0.4) is 0 Å². The summed E-state index contributed by atoms with van der Waals surface area (Å²) in [4.78, 5) is 0. The quantitative estimate of drug-likeness (QED) is 0.527. The summed E-state index contributed by atoms with van der Waals surface area (Å²) in [5.41, 5.74) is 0. The van der Waals surface area contributed by atoms with Crippen molar-refractivity contribution in [1.29, 1.82) is 0 Å². The lowest BCUT2D eigenvalue weighted by Gasteiger charge is -2.15. The van der Waals surface area contributed by atoms with Crippen LogP contribution in [0.4, 0.5) is 0 Å².